The van der Waals surface area contributed by atoms with Gasteiger partial charge in [0.15, 0.2) is 0 Å². The zero-order valence-corrected chi connectivity index (χ0v) is 12.4. The molecule has 3 heteroatoms. The summed E-state index contributed by atoms with van der Waals surface area (Å²) in [6.07, 6.45) is 6.53. The number of benzene rings is 1. The second-order valence-electron chi connectivity index (χ2n) is 5.39. The molecule has 0 aromatic heterocycles. The zero-order chi connectivity index (χ0) is 12.6. The number of hydrogen-bond acceptors (Lipinski definition) is 2. The lowest BCUT2D eigenvalue weighted by atomic mass is 9.91. The van der Waals surface area contributed by atoms with Crippen LogP contribution in [-0.4, -0.2) is 36.2 Å². The highest BCUT2D eigenvalue weighted by atomic mass is 35.5. The Bertz CT molecular complexity index is 323. The van der Waals surface area contributed by atoms with Crippen molar-refractivity contribution in [3.05, 3.63) is 35.9 Å². The van der Waals surface area contributed by atoms with Gasteiger partial charge in [0.1, 0.15) is 0 Å². The Morgan fingerprint density at radius 3 is 2.42 bits per heavy atom. The van der Waals surface area contributed by atoms with Gasteiger partial charge in [-0.3, -0.25) is 0 Å². The second kappa shape index (κ2) is 9.35. The summed E-state index contributed by atoms with van der Waals surface area (Å²) in [7, 11) is 0. The Balaban J connectivity index is 0.00000180. The number of likely N-dealkylation sites (tertiary alicyclic amines) is 1. The lowest BCUT2D eigenvalue weighted by molar-refractivity contribution is 0.144. The summed E-state index contributed by atoms with van der Waals surface area (Å²) >= 11 is 0. The molecular formula is C16H26ClNO. The van der Waals surface area contributed by atoms with Crippen molar-refractivity contribution in [2.75, 3.05) is 26.2 Å². The molecular weight excluding hydrogens is 258 g/mol. The van der Waals surface area contributed by atoms with Crippen LogP contribution in [0.3, 0.4) is 0 Å². The summed E-state index contributed by atoms with van der Waals surface area (Å²) in [5, 5.41) is 8.91. The molecule has 1 aromatic carbocycles. The molecule has 1 fully saturated rings. The first-order chi connectivity index (χ1) is 8.88. The molecule has 0 bridgehead atoms. The summed E-state index contributed by atoms with van der Waals surface area (Å²) in [4.78, 5) is 2.38. The largest absolute Gasteiger partial charge is 0.395 e. The van der Waals surface area contributed by atoms with Crippen LogP contribution >= 0.6 is 12.4 Å². The van der Waals surface area contributed by atoms with E-state index >= 15 is 0 Å². The van der Waals surface area contributed by atoms with Crippen LogP contribution in [-0.2, 0) is 6.42 Å². The third-order valence-corrected chi connectivity index (χ3v) is 4.04. The normalized spacial score (nSPS) is 17.1. The van der Waals surface area contributed by atoms with E-state index in [0.717, 1.165) is 12.5 Å². The summed E-state index contributed by atoms with van der Waals surface area (Å²) < 4.78 is 0. The topological polar surface area (TPSA) is 23.5 Å². The minimum absolute atomic E-state index is 0. The Morgan fingerprint density at radius 2 is 1.79 bits per heavy atom. The van der Waals surface area contributed by atoms with Gasteiger partial charge in [-0.25, -0.2) is 0 Å². The van der Waals surface area contributed by atoms with Gasteiger partial charge in [0.05, 0.1) is 6.61 Å². The molecule has 0 spiro atoms. The molecule has 0 atom stereocenters. The summed E-state index contributed by atoms with van der Waals surface area (Å²) in [5.74, 6) is 0.906. The minimum atomic E-state index is 0. The van der Waals surface area contributed by atoms with Crippen molar-refractivity contribution in [2.24, 2.45) is 5.92 Å². The van der Waals surface area contributed by atoms with Crippen LogP contribution in [0, 0.1) is 5.92 Å². The Kier molecular flexibility index (Phi) is 8.11. The van der Waals surface area contributed by atoms with Gasteiger partial charge in [-0.2, -0.15) is 0 Å². The Hall–Kier alpha value is -0.570. The third kappa shape index (κ3) is 5.94. The summed E-state index contributed by atoms with van der Waals surface area (Å²) in [6.45, 7) is 3.52. The van der Waals surface area contributed by atoms with Gasteiger partial charge in [0, 0.05) is 6.54 Å². The molecule has 1 saturated heterocycles. The van der Waals surface area contributed by atoms with E-state index in [1.54, 1.807) is 0 Å². The first kappa shape index (κ1) is 16.5. The molecule has 1 aromatic rings. The van der Waals surface area contributed by atoms with Crippen LogP contribution in [0.15, 0.2) is 30.3 Å². The first-order valence-corrected chi connectivity index (χ1v) is 7.25. The number of aliphatic hydroxyl groups excluding tert-OH is 1. The van der Waals surface area contributed by atoms with Crippen molar-refractivity contribution in [2.45, 2.75) is 32.1 Å². The number of hydrogen-bond donors (Lipinski definition) is 1. The molecule has 1 aliphatic heterocycles. The third-order valence-electron chi connectivity index (χ3n) is 4.04. The number of piperidine rings is 1. The fourth-order valence-corrected chi connectivity index (χ4v) is 2.88. The molecule has 0 radical (unpaired) electrons. The molecule has 2 rings (SSSR count). The van der Waals surface area contributed by atoms with Gasteiger partial charge in [0.25, 0.3) is 0 Å². The highest BCUT2D eigenvalue weighted by Gasteiger charge is 2.17. The SMILES string of the molecule is Cl.OCCN1CCC(CCCc2ccccc2)CC1. The standard InChI is InChI=1S/C16H25NO.ClH/c18-14-13-17-11-9-16(10-12-17)8-4-7-15-5-2-1-3-6-15;/h1-3,5-6,16,18H,4,7-14H2;1H. The predicted molar refractivity (Wildman–Crippen MR) is 82.9 cm³/mol. The van der Waals surface area contributed by atoms with Gasteiger partial charge in [-0.05, 0) is 50.3 Å². The van der Waals surface area contributed by atoms with Crippen molar-refractivity contribution in [1.82, 2.24) is 4.90 Å². The molecule has 1 heterocycles. The highest BCUT2D eigenvalue weighted by Crippen LogP contribution is 2.22. The average molecular weight is 284 g/mol. The van der Waals surface area contributed by atoms with Crippen LogP contribution in [0.2, 0.25) is 0 Å². The predicted octanol–water partition coefficient (Wildman–Crippen LogP) is 3.14. The van der Waals surface area contributed by atoms with Gasteiger partial charge in [0.2, 0.25) is 0 Å². The molecule has 1 N–H and O–H groups in total. The van der Waals surface area contributed by atoms with E-state index < -0.39 is 0 Å². The maximum absolute atomic E-state index is 8.91. The lowest BCUT2D eigenvalue weighted by Gasteiger charge is -2.31. The zero-order valence-electron chi connectivity index (χ0n) is 11.6. The molecule has 19 heavy (non-hydrogen) atoms. The maximum atomic E-state index is 8.91. The van der Waals surface area contributed by atoms with Crippen LogP contribution in [0.1, 0.15) is 31.2 Å². The lowest BCUT2D eigenvalue weighted by Crippen LogP contribution is -2.35. The van der Waals surface area contributed by atoms with Crippen molar-refractivity contribution < 1.29 is 5.11 Å². The van der Waals surface area contributed by atoms with E-state index in [4.69, 9.17) is 5.11 Å². The van der Waals surface area contributed by atoms with Crippen LogP contribution in [0.5, 0.6) is 0 Å². The second-order valence-corrected chi connectivity index (χ2v) is 5.39. The molecule has 0 saturated carbocycles. The number of aryl methyl sites for hydroxylation is 1. The van der Waals surface area contributed by atoms with Gasteiger partial charge < -0.3 is 10.0 Å². The van der Waals surface area contributed by atoms with Crippen molar-refractivity contribution in [3.63, 3.8) is 0 Å². The fraction of sp³-hybridized carbons (Fsp3) is 0.625. The summed E-state index contributed by atoms with van der Waals surface area (Å²) in [5.41, 5.74) is 1.47. The monoisotopic (exact) mass is 283 g/mol. The fourth-order valence-electron chi connectivity index (χ4n) is 2.88. The van der Waals surface area contributed by atoms with Crippen LogP contribution in [0.4, 0.5) is 0 Å². The van der Waals surface area contributed by atoms with Crippen LogP contribution < -0.4 is 0 Å². The Morgan fingerprint density at radius 1 is 1.11 bits per heavy atom. The highest BCUT2D eigenvalue weighted by molar-refractivity contribution is 5.85. The van der Waals surface area contributed by atoms with E-state index in [1.807, 2.05) is 0 Å². The van der Waals surface area contributed by atoms with E-state index in [9.17, 15) is 0 Å². The summed E-state index contributed by atoms with van der Waals surface area (Å²) in [6, 6.07) is 10.8. The Labute approximate surface area is 123 Å². The van der Waals surface area contributed by atoms with Gasteiger partial charge in [-0.15, -0.1) is 12.4 Å². The van der Waals surface area contributed by atoms with Crippen LogP contribution in [0.25, 0.3) is 0 Å². The first-order valence-electron chi connectivity index (χ1n) is 7.25. The maximum Gasteiger partial charge on any atom is 0.0558 e. The average Bonchev–Trinajstić information content (AvgIpc) is 2.42. The van der Waals surface area contributed by atoms with Crippen molar-refractivity contribution in [3.8, 4) is 0 Å². The molecule has 0 unspecified atom stereocenters. The number of aliphatic hydroxyl groups is 1. The van der Waals surface area contributed by atoms with E-state index in [-0.39, 0.29) is 12.4 Å². The van der Waals surface area contributed by atoms with Gasteiger partial charge in [-0.1, -0.05) is 36.8 Å². The molecule has 2 nitrogen and oxygen atoms in total. The van der Waals surface area contributed by atoms with Crippen molar-refractivity contribution >= 4 is 12.4 Å². The molecule has 0 amide bonds. The van der Waals surface area contributed by atoms with E-state index in [1.165, 1.54) is 50.8 Å². The number of nitrogens with zero attached hydrogens (tertiary/aromatic N) is 1. The van der Waals surface area contributed by atoms with E-state index in [2.05, 4.69) is 35.2 Å². The van der Waals surface area contributed by atoms with Gasteiger partial charge >= 0.3 is 0 Å². The number of rotatable bonds is 6. The minimum Gasteiger partial charge on any atom is -0.395 e. The molecule has 108 valence electrons. The molecule has 1 aliphatic rings. The quantitative estimate of drug-likeness (QED) is 0.867. The number of β-amino-alcohol motifs (C(OH)–C–C–N with tert-alkyl or cyclic N) is 1. The smallest absolute Gasteiger partial charge is 0.0558 e. The van der Waals surface area contributed by atoms with E-state index in [0.29, 0.717) is 6.61 Å². The van der Waals surface area contributed by atoms with Crippen molar-refractivity contribution in [1.29, 1.82) is 0 Å². The molecule has 0 aliphatic carbocycles. The number of halogens is 1.